The minimum atomic E-state index is 0.552. The third kappa shape index (κ3) is 2.15. The normalized spacial score (nSPS) is 11.3. The van der Waals surface area contributed by atoms with Gasteiger partial charge in [0.1, 0.15) is 0 Å². The molecular weight excluding hydrogens is 236 g/mol. The third-order valence-electron chi connectivity index (χ3n) is 3.46. The topological polar surface area (TPSA) is 48.8 Å². The monoisotopic (exact) mass is 254 g/mol. The third-order valence-corrected chi connectivity index (χ3v) is 3.46. The number of fused-ring (bicyclic) bond motifs is 1. The van der Waals surface area contributed by atoms with E-state index in [2.05, 4.69) is 53.1 Å². The van der Waals surface area contributed by atoms with Gasteiger partial charge in [0.15, 0.2) is 0 Å². The Morgan fingerprint density at radius 3 is 2.84 bits per heavy atom. The van der Waals surface area contributed by atoms with Gasteiger partial charge in [0.25, 0.3) is 0 Å². The van der Waals surface area contributed by atoms with Crippen LogP contribution in [-0.4, -0.2) is 14.3 Å². The predicted molar refractivity (Wildman–Crippen MR) is 76.8 cm³/mol. The van der Waals surface area contributed by atoms with Crippen LogP contribution in [0.25, 0.3) is 10.9 Å². The number of benzene rings is 1. The van der Waals surface area contributed by atoms with Crippen LogP contribution in [0.5, 0.6) is 0 Å². The Hall–Kier alpha value is -2.07. The fraction of sp³-hybridized carbons (Fsp3) is 0.267. The van der Waals surface area contributed by atoms with Crippen molar-refractivity contribution in [1.29, 1.82) is 0 Å². The molecule has 0 atom stereocenters. The second-order valence-electron chi connectivity index (χ2n) is 4.69. The maximum absolute atomic E-state index is 5.86. The Morgan fingerprint density at radius 2 is 2.11 bits per heavy atom. The molecule has 3 rings (SSSR count). The zero-order chi connectivity index (χ0) is 13.2. The van der Waals surface area contributed by atoms with Crippen molar-refractivity contribution in [2.45, 2.75) is 26.6 Å². The van der Waals surface area contributed by atoms with Crippen molar-refractivity contribution in [1.82, 2.24) is 14.3 Å². The zero-order valence-corrected chi connectivity index (χ0v) is 11.1. The quantitative estimate of drug-likeness (QED) is 0.777. The van der Waals surface area contributed by atoms with Crippen LogP contribution in [0.4, 0.5) is 0 Å². The first-order chi connectivity index (χ1) is 9.31. The van der Waals surface area contributed by atoms with Crippen molar-refractivity contribution in [3.05, 3.63) is 54.0 Å². The second-order valence-corrected chi connectivity index (χ2v) is 4.69. The molecular formula is C15H18N4. The maximum Gasteiger partial charge on any atom is 0.0539 e. The Morgan fingerprint density at radius 1 is 1.26 bits per heavy atom. The number of aryl methyl sites for hydroxylation is 1. The average molecular weight is 254 g/mol. The van der Waals surface area contributed by atoms with Crippen LogP contribution in [0, 0.1) is 0 Å². The Bertz CT molecular complexity index is 693. The van der Waals surface area contributed by atoms with Crippen LogP contribution in [0.15, 0.2) is 42.7 Å². The maximum atomic E-state index is 5.86. The van der Waals surface area contributed by atoms with E-state index in [4.69, 9.17) is 5.73 Å². The highest BCUT2D eigenvalue weighted by Crippen LogP contribution is 2.20. The summed E-state index contributed by atoms with van der Waals surface area (Å²) >= 11 is 0. The van der Waals surface area contributed by atoms with Crippen molar-refractivity contribution in [3.63, 3.8) is 0 Å². The number of hydrogen-bond acceptors (Lipinski definition) is 2. The molecule has 0 amide bonds. The van der Waals surface area contributed by atoms with Crippen LogP contribution in [0.3, 0.4) is 0 Å². The van der Waals surface area contributed by atoms with Gasteiger partial charge in [-0.1, -0.05) is 18.2 Å². The van der Waals surface area contributed by atoms with E-state index in [0.717, 1.165) is 18.8 Å². The van der Waals surface area contributed by atoms with Crippen molar-refractivity contribution in [2.24, 2.45) is 5.73 Å². The van der Waals surface area contributed by atoms with E-state index in [9.17, 15) is 0 Å². The van der Waals surface area contributed by atoms with Gasteiger partial charge >= 0.3 is 0 Å². The highest BCUT2D eigenvalue weighted by Gasteiger charge is 2.08. The molecule has 0 aliphatic heterocycles. The summed E-state index contributed by atoms with van der Waals surface area (Å²) in [5.41, 5.74) is 9.45. The van der Waals surface area contributed by atoms with Gasteiger partial charge in [0, 0.05) is 36.1 Å². The standard InChI is InChI=1S/C15H18N4/c1-2-18-10-12(9-17-18)11-19-14(8-16)7-13-5-3-4-6-15(13)19/h3-7,9-10H,2,8,11,16H2,1H3. The van der Waals surface area contributed by atoms with Gasteiger partial charge in [-0.25, -0.2) is 0 Å². The molecule has 2 N–H and O–H groups in total. The van der Waals surface area contributed by atoms with Gasteiger partial charge in [0.05, 0.1) is 12.7 Å². The lowest BCUT2D eigenvalue weighted by atomic mass is 10.2. The minimum Gasteiger partial charge on any atom is -0.339 e. The summed E-state index contributed by atoms with van der Waals surface area (Å²) in [4.78, 5) is 0. The fourth-order valence-corrected chi connectivity index (χ4v) is 2.47. The number of nitrogens with zero attached hydrogens (tertiary/aromatic N) is 3. The van der Waals surface area contributed by atoms with E-state index in [1.54, 1.807) is 0 Å². The summed E-state index contributed by atoms with van der Waals surface area (Å²) in [5.74, 6) is 0. The van der Waals surface area contributed by atoms with E-state index >= 15 is 0 Å². The lowest BCUT2D eigenvalue weighted by Gasteiger charge is -2.08. The van der Waals surface area contributed by atoms with Crippen molar-refractivity contribution in [2.75, 3.05) is 0 Å². The summed E-state index contributed by atoms with van der Waals surface area (Å²) in [6.07, 6.45) is 4.02. The number of hydrogen-bond donors (Lipinski definition) is 1. The fourth-order valence-electron chi connectivity index (χ4n) is 2.47. The number of nitrogens with two attached hydrogens (primary N) is 1. The molecule has 0 saturated heterocycles. The Labute approximate surface area is 112 Å². The van der Waals surface area contributed by atoms with Gasteiger partial charge in [-0.3, -0.25) is 4.68 Å². The van der Waals surface area contributed by atoms with Gasteiger partial charge in [0.2, 0.25) is 0 Å². The molecule has 19 heavy (non-hydrogen) atoms. The van der Waals surface area contributed by atoms with Crippen molar-refractivity contribution >= 4 is 10.9 Å². The number of aromatic nitrogens is 3. The highest BCUT2D eigenvalue weighted by atomic mass is 15.3. The predicted octanol–water partition coefficient (Wildman–Crippen LogP) is 2.36. The molecule has 0 bridgehead atoms. The summed E-state index contributed by atoms with van der Waals surface area (Å²) in [6, 6.07) is 10.6. The highest BCUT2D eigenvalue weighted by molar-refractivity contribution is 5.81. The molecule has 0 aliphatic rings. The van der Waals surface area contributed by atoms with Crippen LogP contribution in [-0.2, 0) is 19.6 Å². The zero-order valence-electron chi connectivity index (χ0n) is 11.1. The van der Waals surface area contributed by atoms with Crippen molar-refractivity contribution in [3.8, 4) is 0 Å². The second kappa shape index (κ2) is 4.90. The minimum absolute atomic E-state index is 0.552. The molecule has 4 heteroatoms. The number of para-hydroxylation sites is 1. The van der Waals surface area contributed by atoms with Crippen LogP contribution in [0.2, 0.25) is 0 Å². The van der Waals surface area contributed by atoms with E-state index in [-0.39, 0.29) is 0 Å². The lowest BCUT2D eigenvalue weighted by molar-refractivity contribution is 0.658. The van der Waals surface area contributed by atoms with Crippen LogP contribution >= 0.6 is 0 Å². The summed E-state index contributed by atoms with van der Waals surface area (Å²) in [7, 11) is 0. The molecule has 0 saturated carbocycles. The first-order valence-corrected chi connectivity index (χ1v) is 6.60. The van der Waals surface area contributed by atoms with Gasteiger partial charge in [-0.15, -0.1) is 0 Å². The Kier molecular flexibility index (Phi) is 3.09. The summed E-state index contributed by atoms with van der Waals surface area (Å²) < 4.78 is 4.22. The molecule has 0 fully saturated rings. The first kappa shape index (κ1) is 12.0. The van der Waals surface area contributed by atoms with E-state index in [1.807, 2.05) is 10.9 Å². The van der Waals surface area contributed by atoms with E-state index in [1.165, 1.54) is 16.5 Å². The van der Waals surface area contributed by atoms with Crippen molar-refractivity contribution < 1.29 is 0 Å². The van der Waals surface area contributed by atoms with E-state index in [0.29, 0.717) is 6.54 Å². The van der Waals surface area contributed by atoms with Gasteiger partial charge < -0.3 is 10.3 Å². The molecule has 4 nitrogen and oxygen atoms in total. The average Bonchev–Trinajstić information content (AvgIpc) is 3.04. The van der Waals surface area contributed by atoms with E-state index < -0.39 is 0 Å². The number of rotatable bonds is 4. The van der Waals surface area contributed by atoms with Gasteiger partial charge in [-0.2, -0.15) is 5.10 Å². The Balaban J connectivity index is 2.03. The summed E-state index contributed by atoms with van der Waals surface area (Å²) in [5, 5.41) is 5.56. The van der Waals surface area contributed by atoms with Crippen LogP contribution in [0.1, 0.15) is 18.2 Å². The molecule has 1 aromatic carbocycles. The molecule has 0 unspecified atom stereocenters. The molecule has 0 spiro atoms. The molecule has 2 aromatic heterocycles. The lowest BCUT2D eigenvalue weighted by Crippen LogP contribution is -2.07. The van der Waals surface area contributed by atoms with Gasteiger partial charge in [-0.05, 0) is 24.4 Å². The molecule has 2 heterocycles. The summed E-state index contributed by atoms with van der Waals surface area (Å²) in [6.45, 7) is 4.36. The first-order valence-electron chi connectivity index (χ1n) is 6.60. The molecule has 0 radical (unpaired) electrons. The molecule has 0 aliphatic carbocycles. The van der Waals surface area contributed by atoms with Crippen LogP contribution < -0.4 is 5.73 Å². The molecule has 98 valence electrons. The molecule has 3 aromatic rings. The SMILES string of the molecule is CCn1cc(Cn2c(CN)cc3ccccc32)cn1. The smallest absolute Gasteiger partial charge is 0.0539 e. The largest absolute Gasteiger partial charge is 0.339 e.